The molecule has 6 rings (SSSR count). The molecule has 2 bridgehead atoms. The van der Waals surface area contributed by atoms with Gasteiger partial charge in [0.1, 0.15) is 0 Å². The van der Waals surface area contributed by atoms with Crippen molar-refractivity contribution in [3.63, 3.8) is 0 Å². The summed E-state index contributed by atoms with van der Waals surface area (Å²) < 4.78 is 1.76. The fraction of sp³-hybridized carbons (Fsp3) is 0.500. The Hall–Kier alpha value is -2.19. The van der Waals surface area contributed by atoms with Crippen molar-refractivity contribution in [1.29, 1.82) is 0 Å². The first-order valence-electron chi connectivity index (χ1n) is 11.5. The lowest BCUT2D eigenvalue weighted by atomic mass is 9.85. The second-order valence-electron chi connectivity index (χ2n) is 9.33. The van der Waals surface area contributed by atoms with Gasteiger partial charge in [-0.1, -0.05) is 43.2 Å². The van der Waals surface area contributed by atoms with Crippen LogP contribution in [0.4, 0.5) is 5.69 Å². The van der Waals surface area contributed by atoms with Crippen LogP contribution < -0.4 is 10.2 Å². The third-order valence-corrected chi connectivity index (χ3v) is 9.54. The predicted octanol–water partition coefficient (Wildman–Crippen LogP) is 4.15. The van der Waals surface area contributed by atoms with Crippen LogP contribution in [0.5, 0.6) is 0 Å². The van der Waals surface area contributed by atoms with Gasteiger partial charge in [0.25, 0.3) is 0 Å². The van der Waals surface area contributed by atoms with Gasteiger partial charge < -0.3 is 5.32 Å². The monoisotopic (exact) mass is 467 g/mol. The van der Waals surface area contributed by atoms with Crippen molar-refractivity contribution in [3.8, 4) is 0 Å². The van der Waals surface area contributed by atoms with E-state index in [0.717, 1.165) is 33.8 Å². The summed E-state index contributed by atoms with van der Waals surface area (Å²) in [5, 5.41) is 3.14. The molecule has 1 saturated heterocycles. The maximum absolute atomic E-state index is 13.1. The average Bonchev–Trinajstić information content (AvgIpc) is 3.55. The van der Waals surface area contributed by atoms with E-state index in [2.05, 4.69) is 22.5 Å². The molecule has 2 saturated carbocycles. The molecule has 2 aromatic rings. The largest absolute Gasteiger partial charge is 0.353 e. The highest BCUT2D eigenvalue weighted by molar-refractivity contribution is 8.01. The van der Waals surface area contributed by atoms with Crippen LogP contribution in [-0.2, 0) is 14.4 Å². The summed E-state index contributed by atoms with van der Waals surface area (Å²) in [5.74, 6) is 0.328. The fourth-order valence-electron chi connectivity index (χ4n) is 5.89. The van der Waals surface area contributed by atoms with Crippen molar-refractivity contribution >= 4 is 56.7 Å². The Kier molecular flexibility index (Phi) is 5.10. The van der Waals surface area contributed by atoms with Crippen LogP contribution in [0.1, 0.15) is 38.5 Å². The number of hydrogen-bond donors (Lipinski definition) is 1. The Labute approximate surface area is 194 Å². The maximum Gasteiger partial charge on any atom is 0.238 e. The summed E-state index contributed by atoms with van der Waals surface area (Å²) >= 11 is 2.95. The van der Waals surface area contributed by atoms with E-state index in [1.165, 1.54) is 47.3 Å². The van der Waals surface area contributed by atoms with E-state index in [0.29, 0.717) is 17.5 Å². The number of aromatic nitrogens is 1. The molecular weight excluding hydrogens is 442 g/mol. The molecule has 2 heterocycles. The van der Waals surface area contributed by atoms with Gasteiger partial charge >= 0.3 is 0 Å². The van der Waals surface area contributed by atoms with E-state index in [9.17, 15) is 14.4 Å². The number of imide groups is 1. The summed E-state index contributed by atoms with van der Waals surface area (Å²) in [5.41, 5.74) is 1.46. The number of anilines is 1. The minimum Gasteiger partial charge on any atom is -0.353 e. The summed E-state index contributed by atoms with van der Waals surface area (Å²) in [4.78, 5) is 44.5. The third-order valence-electron chi connectivity index (χ3n) is 7.38. The normalized spacial score (nSPS) is 29.3. The second-order valence-corrected chi connectivity index (χ2v) is 11.6. The minimum absolute atomic E-state index is 0.0601. The highest BCUT2D eigenvalue weighted by Gasteiger charge is 2.59. The van der Waals surface area contributed by atoms with Gasteiger partial charge in [-0.25, -0.2) is 9.88 Å². The number of nitrogens with zero attached hydrogens (tertiary/aromatic N) is 2. The number of allylic oxidation sites excluding steroid dienone is 2. The van der Waals surface area contributed by atoms with Crippen molar-refractivity contribution < 1.29 is 14.4 Å². The molecule has 32 heavy (non-hydrogen) atoms. The molecule has 1 N–H and O–H groups in total. The number of benzene rings is 1. The Morgan fingerprint density at radius 3 is 2.53 bits per heavy atom. The van der Waals surface area contributed by atoms with Gasteiger partial charge in [-0.15, -0.1) is 11.3 Å². The summed E-state index contributed by atoms with van der Waals surface area (Å²) in [6.07, 6.45) is 11.0. The molecule has 3 amide bonds. The number of thiazole rings is 1. The molecule has 0 spiro atoms. The smallest absolute Gasteiger partial charge is 0.238 e. The van der Waals surface area contributed by atoms with Crippen LogP contribution in [0.3, 0.4) is 0 Å². The number of thioether (sulfide) groups is 1. The number of carbonyl (C=O) groups excluding carboxylic acids is 3. The lowest BCUT2D eigenvalue weighted by molar-refractivity contribution is -0.123. The number of fused-ring (bicyclic) bond motifs is 6. The molecule has 4 aliphatic rings. The standard InChI is InChI=1S/C24H25N3O3S2/c28-19(25-15-4-2-1-3-5-15)12-31-24-26-17-9-8-16(11-18(17)32-24)27-22(29)20-13-6-7-14(10-13)21(20)23(27)30/h6-9,11,13-15,20-21H,1-5,10,12H2,(H,25,28)/t13-,14+,20-,21-/m0/s1. The molecule has 0 unspecified atom stereocenters. The van der Waals surface area contributed by atoms with Crippen molar-refractivity contribution in [3.05, 3.63) is 30.4 Å². The van der Waals surface area contributed by atoms with Crippen LogP contribution in [-0.4, -0.2) is 34.5 Å². The SMILES string of the molecule is O=C(CSc1nc2ccc(N3C(=O)[C@@H]4[C@@H](C3=O)[C@H]3C=C[C@@H]4C3)cc2s1)NC1CCCCC1. The van der Waals surface area contributed by atoms with E-state index in [-0.39, 0.29) is 41.4 Å². The first-order chi connectivity index (χ1) is 15.6. The van der Waals surface area contributed by atoms with Gasteiger partial charge in [-0.2, -0.15) is 0 Å². The molecular formula is C24H25N3O3S2. The zero-order chi connectivity index (χ0) is 21.8. The van der Waals surface area contributed by atoms with Crippen LogP contribution in [0, 0.1) is 23.7 Å². The number of amides is 3. The van der Waals surface area contributed by atoms with E-state index in [4.69, 9.17) is 0 Å². The molecule has 0 radical (unpaired) electrons. The zero-order valence-electron chi connectivity index (χ0n) is 17.7. The second kappa shape index (κ2) is 7.99. The van der Waals surface area contributed by atoms with Crippen LogP contribution in [0.15, 0.2) is 34.7 Å². The lowest BCUT2D eigenvalue weighted by Crippen LogP contribution is -2.37. The molecule has 1 aromatic heterocycles. The quantitative estimate of drug-likeness (QED) is 0.406. The Balaban J connectivity index is 1.15. The zero-order valence-corrected chi connectivity index (χ0v) is 19.3. The third kappa shape index (κ3) is 3.39. The van der Waals surface area contributed by atoms with Gasteiger partial charge in [-0.3, -0.25) is 14.4 Å². The Morgan fingerprint density at radius 2 is 1.81 bits per heavy atom. The van der Waals surface area contributed by atoms with Crippen molar-refractivity contribution in [2.45, 2.75) is 48.9 Å². The molecule has 8 heteroatoms. The number of rotatable bonds is 5. The van der Waals surface area contributed by atoms with Gasteiger partial charge in [0, 0.05) is 6.04 Å². The average molecular weight is 468 g/mol. The van der Waals surface area contributed by atoms with Gasteiger partial charge in [0.15, 0.2) is 4.34 Å². The van der Waals surface area contributed by atoms with Crippen LogP contribution >= 0.6 is 23.1 Å². The minimum atomic E-state index is -0.191. The Bertz CT molecular complexity index is 1110. The topological polar surface area (TPSA) is 79.4 Å². The van der Waals surface area contributed by atoms with E-state index in [1.807, 2.05) is 18.2 Å². The summed E-state index contributed by atoms with van der Waals surface area (Å²) in [6, 6.07) is 5.90. The number of nitrogens with one attached hydrogen (secondary N) is 1. The lowest BCUT2D eigenvalue weighted by Gasteiger charge is -2.22. The predicted molar refractivity (Wildman–Crippen MR) is 126 cm³/mol. The highest BCUT2D eigenvalue weighted by atomic mass is 32.2. The summed E-state index contributed by atoms with van der Waals surface area (Å²) in [6.45, 7) is 0. The molecule has 3 fully saturated rings. The van der Waals surface area contributed by atoms with Crippen molar-refractivity contribution in [2.24, 2.45) is 23.7 Å². The summed E-state index contributed by atoms with van der Waals surface area (Å²) in [7, 11) is 0. The molecule has 166 valence electrons. The van der Waals surface area contributed by atoms with E-state index in [1.54, 1.807) is 0 Å². The first-order valence-corrected chi connectivity index (χ1v) is 13.3. The molecule has 1 aromatic carbocycles. The Morgan fingerprint density at radius 1 is 1.09 bits per heavy atom. The molecule has 6 nitrogen and oxygen atoms in total. The van der Waals surface area contributed by atoms with Gasteiger partial charge in [-0.05, 0) is 49.3 Å². The van der Waals surface area contributed by atoms with Gasteiger partial charge in [0.2, 0.25) is 17.7 Å². The fourth-order valence-corrected chi connectivity index (χ4v) is 7.81. The first kappa shape index (κ1) is 20.4. The van der Waals surface area contributed by atoms with Crippen LogP contribution in [0.2, 0.25) is 0 Å². The van der Waals surface area contributed by atoms with Crippen molar-refractivity contribution in [2.75, 3.05) is 10.7 Å². The number of carbonyl (C=O) groups is 3. The van der Waals surface area contributed by atoms with Crippen LogP contribution in [0.25, 0.3) is 10.2 Å². The van der Waals surface area contributed by atoms with Crippen molar-refractivity contribution in [1.82, 2.24) is 10.3 Å². The van der Waals surface area contributed by atoms with E-state index < -0.39 is 0 Å². The molecule has 1 aliphatic heterocycles. The number of hydrogen-bond acceptors (Lipinski definition) is 6. The van der Waals surface area contributed by atoms with Gasteiger partial charge in [0.05, 0.1) is 33.5 Å². The highest BCUT2D eigenvalue weighted by Crippen LogP contribution is 2.53. The van der Waals surface area contributed by atoms with E-state index >= 15 is 0 Å². The maximum atomic E-state index is 13.1. The molecule has 3 aliphatic carbocycles. The molecule has 4 atom stereocenters.